The number of aliphatic carboxylic acids is 1. The maximum absolute atomic E-state index is 12.6. The first kappa shape index (κ1) is 22.6. The number of anilines is 1. The molecule has 0 saturated heterocycles. The van der Waals surface area contributed by atoms with E-state index in [1.54, 1.807) is 42.5 Å². The van der Waals surface area contributed by atoms with Gasteiger partial charge in [-0.1, -0.05) is 36.4 Å². The van der Waals surface area contributed by atoms with E-state index < -0.39 is 28.4 Å². The number of hydrogen-bond acceptors (Lipinski definition) is 6. The summed E-state index contributed by atoms with van der Waals surface area (Å²) in [6.07, 6.45) is 2.59. The Labute approximate surface area is 184 Å². The number of hydrogen-bond donors (Lipinski definition) is 3. The number of phenols is 1. The van der Waals surface area contributed by atoms with Crippen molar-refractivity contribution in [2.45, 2.75) is 4.90 Å². The number of carbonyl (C=O) groups is 2. The minimum Gasteiger partial charge on any atom is -0.507 e. The summed E-state index contributed by atoms with van der Waals surface area (Å²) in [6, 6.07) is 18.0. The topological polar surface area (TPSA) is 130 Å². The quantitative estimate of drug-likeness (QED) is 0.257. The molecule has 0 unspecified atom stereocenters. The van der Waals surface area contributed by atoms with E-state index in [-0.39, 0.29) is 27.6 Å². The molecule has 3 rings (SSSR count). The minimum absolute atomic E-state index is 0.0545. The van der Waals surface area contributed by atoms with Crippen LogP contribution in [0.15, 0.2) is 83.8 Å². The number of carboxylic acids is 1. The Morgan fingerprint density at radius 2 is 1.66 bits per heavy atom. The molecule has 8 nitrogen and oxygen atoms in total. The third-order valence-electron chi connectivity index (χ3n) is 4.25. The van der Waals surface area contributed by atoms with Crippen molar-refractivity contribution in [2.75, 3.05) is 11.3 Å². The van der Waals surface area contributed by atoms with Gasteiger partial charge in [0.15, 0.2) is 12.4 Å². The number of carboxylic acid groups (broad SMARTS) is 1. The second kappa shape index (κ2) is 9.80. The molecule has 164 valence electrons. The molecule has 0 heterocycles. The molecule has 0 saturated carbocycles. The highest BCUT2D eigenvalue weighted by atomic mass is 32.2. The summed E-state index contributed by atoms with van der Waals surface area (Å²) in [5, 5.41) is 18.9. The number of nitrogens with one attached hydrogen (secondary N) is 1. The van der Waals surface area contributed by atoms with Crippen LogP contribution in [0.5, 0.6) is 11.5 Å². The Balaban J connectivity index is 1.82. The summed E-state index contributed by atoms with van der Waals surface area (Å²) in [5.41, 5.74) is 0.453. The molecule has 3 aromatic carbocycles. The van der Waals surface area contributed by atoms with Crippen LogP contribution >= 0.6 is 0 Å². The van der Waals surface area contributed by atoms with Crippen LogP contribution in [0, 0.1) is 0 Å². The summed E-state index contributed by atoms with van der Waals surface area (Å²) in [4.78, 5) is 23.4. The van der Waals surface area contributed by atoms with Gasteiger partial charge in [0.25, 0.3) is 10.0 Å². The number of allylic oxidation sites excluding steroid dienone is 1. The number of benzene rings is 3. The first-order chi connectivity index (χ1) is 15.3. The van der Waals surface area contributed by atoms with E-state index >= 15 is 0 Å². The van der Waals surface area contributed by atoms with Crippen molar-refractivity contribution in [1.82, 2.24) is 0 Å². The van der Waals surface area contributed by atoms with E-state index in [1.165, 1.54) is 42.5 Å². The summed E-state index contributed by atoms with van der Waals surface area (Å²) in [6.45, 7) is -0.539. The number of ketones is 1. The zero-order valence-corrected chi connectivity index (χ0v) is 17.5. The molecule has 0 aliphatic carbocycles. The van der Waals surface area contributed by atoms with Crippen LogP contribution in [0.2, 0.25) is 0 Å². The molecule has 0 atom stereocenters. The molecule has 0 aliphatic rings. The van der Waals surface area contributed by atoms with Gasteiger partial charge in [-0.25, -0.2) is 13.2 Å². The predicted octanol–water partition coefficient (Wildman–Crippen LogP) is 3.55. The highest BCUT2D eigenvalue weighted by molar-refractivity contribution is 7.92. The summed E-state index contributed by atoms with van der Waals surface area (Å²) in [5.74, 6) is -1.78. The number of phenolic OH excluding ortho intramolecular Hbond substituents is 1. The van der Waals surface area contributed by atoms with E-state index in [0.29, 0.717) is 5.56 Å². The molecule has 3 N–H and O–H groups in total. The first-order valence-electron chi connectivity index (χ1n) is 9.33. The fourth-order valence-corrected chi connectivity index (χ4v) is 3.83. The first-order valence-corrected chi connectivity index (χ1v) is 10.8. The zero-order chi connectivity index (χ0) is 23.1. The van der Waals surface area contributed by atoms with Crippen molar-refractivity contribution < 1.29 is 33.0 Å². The Morgan fingerprint density at radius 1 is 0.969 bits per heavy atom. The van der Waals surface area contributed by atoms with E-state index in [4.69, 9.17) is 9.84 Å². The number of carbonyl (C=O) groups excluding carboxylic acids is 1. The fourth-order valence-electron chi connectivity index (χ4n) is 2.76. The van der Waals surface area contributed by atoms with Crippen LogP contribution in [-0.2, 0) is 14.8 Å². The van der Waals surface area contributed by atoms with Gasteiger partial charge < -0.3 is 14.9 Å². The van der Waals surface area contributed by atoms with Crippen LogP contribution in [0.4, 0.5) is 5.69 Å². The third-order valence-corrected chi connectivity index (χ3v) is 5.65. The lowest BCUT2D eigenvalue weighted by atomic mass is 10.1. The lowest BCUT2D eigenvalue weighted by molar-refractivity contribution is -0.139. The second-order valence-corrected chi connectivity index (χ2v) is 8.25. The lowest BCUT2D eigenvalue weighted by Gasteiger charge is -2.10. The van der Waals surface area contributed by atoms with E-state index in [2.05, 4.69) is 4.72 Å². The Morgan fingerprint density at radius 3 is 2.38 bits per heavy atom. The third kappa shape index (κ3) is 5.73. The molecular weight excluding hydrogens is 434 g/mol. The van der Waals surface area contributed by atoms with E-state index in [1.807, 2.05) is 0 Å². The Bertz CT molecular complexity index is 1270. The zero-order valence-electron chi connectivity index (χ0n) is 16.6. The largest absolute Gasteiger partial charge is 0.507 e. The van der Waals surface area contributed by atoms with Gasteiger partial charge in [-0.2, -0.15) is 0 Å². The Kier molecular flexibility index (Phi) is 6.91. The maximum Gasteiger partial charge on any atom is 0.341 e. The average molecular weight is 453 g/mol. The van der Waals surface area contributed by atoms with Crippen molar-refractivity contribution in [3.8, 4) is 11.5 Å². The summed E-state index contributed by atoms with van der Waals surface area (Å²) in [7, 11) is -3.87. The molecule has 0 aromatic heterocycles. The normalized spacial score (nSPS) is 11.2. The van der Waals surface area contributed by atoms with Gasteiger partial charge in [0, 0.05) is 11.3 Å². The Hall–Kier alpha value is -4.11. The van der Waals surface area contributed by atoms with Crippen molar-refractivity contribution in [1.29, 1.82) is 0 Å². The molecule has 0 spiro atoms. The summed E-state index contributed by atoms with van der Waals surface area (Å²) < 4.78 is 32.6. The van der Waals surface area contributed by atoms with E-state index in [9.17, 15) is 23.1 Å². The van der Waals surface area contributed by atoms with E-state index in [0.717, 1.165) is 0 Å². The van der Waals surface area contributed by atoms with Crippen LogP contribution in [0.3, 0.4) is 0 Å². The predicted molar refractivity (Wildman–Crippen MR) is 118 cm³/mol. The highest BCUT2D eigenvalue weighted by Crippen LogP contribution is 2.25. The van der Waals surface area contributed by atoms with Crippen LogP contribution in [0.1, 0.15) is 15.9 Å². The molecular formula is C23H19NO7S. The highest BCUT2D eigenvalue weighted by Gasteiger charge is 2.16. The van der Waals surface area contributed by atoms with Crippen molar-refractivity contribution in [2.24, 2.45) is 0 Å². The molecule has 9 heteroatoms. The molecule has 0 aliphatic heterocycles. The standard InChI is InChI=1S/C23H19NO7S/c25-20(12-10-16-6-4-5-9-22(16)31-15-23(27)28)19-14-17(11-13-21(19)26)24-32(29,30)18-7-2-1-3-8-18/h1-14,24,26H,15H2,(H,27,28). The van der Waals surface area contributed by atoms with Gasteiger partial charge in [0.2, 0.25) is 0 Å². The summed E-state index contributed by atoms with van der Waals surface area (Å²) >= 11 is 0. The SMILES string of the molecule is O=C(O)COc1ccccc1C=CC(=O)c1cc(NS(=O)(=O)c2ccccc2)ccc1O. The van der Waals surface area contributed by atoms with Crippen molar-refractivity contribution >= 4 is 33.5 Å². The molecule has 0 bridgehead atoms. The average Bonchev–Trinajstić information content (AvgIpc) is 2.78. The van der Waals surface area contributed by atoms with Crippen LogP contribution < -0.4 is 9.46 Å². The number of para-hydroxylation sites is 1. The molecule has 0 fully saturated rings. The van der Waals surface area contributed by atoms with Gasteiger partial charge in [-0.15, -0.1) is 0 Å². The second-order valence-electron chi connectivity index (χ2n) is 6.57. The molecule has 0 amide bonds. The smallest absolute Gasteiger partial charge is 0.341 e. The minimum atomic E-state index is -3.87. The molecule has 0 radical (unpaired) electrons. The van der Waals surface area contributed by atoms with Crippen LogP contribution in [-0.4, -0.2) is 37.0 Å². The number of ether oxygens (including phenoxy) is 1. The molecule has 32 heavy (non-hydrogen) atoms. The van der Waals surface area contributed by atoms with Gasteiger partial charge in [0.1, 0.15) is 11.5 Å². The van der Waals surface area contributed by atoms with Crippen molar-refractivity contribution in [3.05, 3.63) is 90.0 Å². The fraction of sp³-hybridized carbons (Fsp3) is 0.0435. The van der Waals surface area contributed by atoms with Gasteiger partial charge >= 0.3 is 5.97 Å². The monoisotopic (exact) mass is 453 g/mol. The van der Waals surface area contributed by atoms with Gasteiger partial charge in [-0.3, -0.25) is 9.52 Å². The van der Waals surface area contributed by atoms with Crippen LogP contribution in [0.25, 0.3) is 6.08 Å². The van der Waals surface area contributed by atoms with Gasteiger partial charge in [0.05, 0.1) is 10.5 Å². The van der Waals surface area contributed by atoms with Crippen molar-refractivity contribution in [3.63, 3.8) is 0 Å². The number of rotatable bonds is 9. The maximum atomic E-state index is 12.6. The number of sulfonamides is 1. The lowest BCUT2D eigenvalue weighted by Crippen LogP contribution is -2.13. The molecule has 3 aromatic rings. The number of aromatic hydroxyl groups is 1. The van der Waals surface area contributed by atoms with Gasteiger partial charge in [-0.05, 0) is 48.6 Å².